The van der Waals surface area contributed by atoms with Crippen molar-refractivity contribution in [3.05, 3.63) is 64.9 Å². The van der Waals surface area contributed by atoms with E-state index in [-0.39, 0.29) is 6.04 Å². The van der Waals surface area contributed by atoms with Gasteiger partial charge in [-0.15, -0.1) is 5.10 Å². The summed E-state index contributed by atoms with van der Waals surface area (Å²) >= 11 is 6.14. The monoisotopic (exact) mass is 442 g/mol. The van der Waals surface area contributed by atoms with Gasteiger partial charge in [-0.05, 0) is 52.4 Å². The average molecular weight is 443 g/mol. The van der Waals surface area contributed by atoms with Crippen molar-refractivity contribution < 1.29 is 9.47 Å². The normalized spacial score (nSPS) is 15.8. The summed E-state index contributed by atoms with van der Waals surface area (Å²) in [4.78, 5) is 4.82. The van der Waals surface area contributed by atoms with Gasteiger partial charge in [0.15, 0.2) is 5.82 Å². The Hall–Kier alpha value is -2.68. The van der Waals surface area contributed by atoms with Gasteiger partial charge in [-0.3, -0.25) is 4.90 Å². The summed E-state index contributed by atoms with van der Waals surface area (Å²) < 4.78 is 12.3. The van der Waals surface area contributed by atoms with Gasteiger partial charge in [0.1, 0.15) is 5.75 Å². The van der Waals surface area contributed by atoms with Crippen LogP contribution in [0.2, 0.25) is 5.02 Å². The van der Waals surface area contributed by atoms with E-state index >= 15 is 0 Å². The van der Waals surface area contributed by atoms with Crippen molar-refractivity contribution in [2.45, 2.75) is 12.6 Å². The van der Waals surface area contributed by atoms with E-state index in [0.29, 0.717) is 18.2 Å². The maximum atomic E-state index is 6.14. The molecular formula is C22H27ClN6O2. The number of benzene rings is 2. The van der Waals surface area contributed by atoms with Gasteiger partial charge in [0.05, 0.1) is 26.3 Å². The Labute approximate surface area is 187 Å². The molecule has 0 radical (unpaired) electrons. The van der Waals surface area contributed by atoms with E-state index in [2.05, 4.69) is 49.6 Å². The Balaban J connectivity index is 1.55. The second-order valence-corrected chi connectivity index (χ2v) is 7.86. The minimum absolute atomic E-state index is 0.0536. The van der Waals surface area contributed by atoms with Crippen molar-refractivity contribution >= 4 is 17.3 Å². The molecule has 0 N–H and O–H groups in total. The van der Waals surface area contributed by atoms with Crippen LogP contribution in [0.25, 0.3) is 0 Å². The number of hydrogen-bond donors (Lipinski definition) is 0. The number of ether oxygens (including phenoxy) is 2. The molecule has 1 aliphatic heterocycles. The Morgan fingerprint density at radius 1 is 0.968 bits per heavy atom. The molecule has 164 valence electrons. The first-order valence-corrected chi connectivity index (χ1v) is 10.7. The molecule has 2 aromatic carbocycles. The number of halogens is 1. The van der Waals surface area contributed by atoms with Crippen LogP contribution < -0.4 is 9.64 Å². The van der Waals surface area contributed by atoms with Crippen LogP contribution in [0.4, 0.5) is 5.69 Å². The Morgan fingerprint density at radius 2 is 1.68 bits per heavy atom. The Bertz CT molecular complexity index is 955. The van der Waals surface area contributed by atoms with Gasteiger partial charge in [-0.1, -0.05) is 23.7 Å². The quantitative estimate of drug-likeness (QED) is 0.531. The number of tetrazole rings is 1. The highest BCUT2D eigenvalue weighted by atomic mass is 35.5. The maximum absolute atomic E-state index is 6.14. The molecule has 1 unspecified atom stereocenters. The molecule has 0 amide bonds. The van der Waals surface area contributed by atoms with Crippen molar-refractivity contribution in [2.75, 3.05) is 51.9 Å². The first kappa shape index (κ1) is 21.5. The molecule has 2 heterocycles. The summed E-state index contributed by atoms with van der Waals surface area (Å²) in [7, 11) is 3.37. The molecule has 4 rings (SSSR count). The van der Waals surface area contributed by atoms with Crippen LogP contribution >= 0.6 is 11.6 Å². The number of piperazine rings is 1. The first-order chi connectivity index (χ1) is 15.2. The van der Waals surface area contributed by atoms with Crippen molar-refractivity contribution in [1.29, 1.82) is 0 Å². The minimum Gasteiger partial charge on any atom is -0.497 e. The zero-order valence-electron chi connectivity index (χ0n) is 17.8. The van der Waals surface area contributed by atoms with Gasteiger partial charge >= 0.3 is 0 Å². The molecule has 3 aromatic rings. The molecule has 1 fully saturated rings. The van der Waals surface area contributed by atoms with Crippen molar-refractivity contribution in [3.63, 3.8) is 0 Å². The van der Waals surface area contributed by atoms with Crippen LogP contribution in [0, 0.1) is 0 Å². The third-order valence-electron chi connectivity index (χ3n) is 5.61. The summed E-state index contributed by atoms with van der Waals surface area (Å²) in [6, 6.07) is 16.1. The summed E-state index contributed by atoms with van der Waals surface area (Å²) in [6.45, 7) is 4.75. The number of hydrogen-bond acceptors (Lipinski definition) is 7. The molecule has 0 spiro atoms. The summed E-state index contributed by atoms with van der Waals surface area (Å²) in [5.74, 6) is 1.69. The van der Waals surface area contributed by atoms with Crippen LogP contribution in [-0.4, -0.2) is 72.1 Å². The summed E-state index contributed by atoms with van der Waals surface area (Å²) in [5, 5.41) is 13.2. The summed E-state index contributed by atoms with van der Waals surface area (Å²) in [6.07, 6.45) is 0. The van der Waals surface area contributed by atoms with Gasteiger partial charge in [-0.2, -0.15) is 0 Å². The molecule has 8 nitrogen and oxygen atoms in total. The van der Waals surface area contributed by atoms with E-state index in [1.165, 1.54) is 5.69 Å². The maximum Gasteiger partial charge on any atom is 0.173 e. The highest BCUT2D eigenvalue weighted by molar-refractivity contribution is 6.30. The molecule has 0 aliphatic carbocycles. The number of anilines is 1. The molecule has 0 saturated carbocycles. The fourth-order valence-electron chi connectivity index (χ4n) is 3.94. The minimum atomic E-state index is -0.0536. The molecule has 1 saturated heterocycles. The first-order valence-electron chi connectivity index (χ1n) is 10.3. The molecule has 0 bridgehead atoms. The van der Waals surface area contributed by atoms with E-state index in [0.717, 1.165) is 43.3 Å². The fraction of sp³-hybridized carbons (Fsp3) is 0.409. The van der Waals surface area contributed by atoms with Gasteiger partial charge in [0, 0.05) is 44.0 Å². The highest BCUT2D eigenvalue weighted by Gasteiger charge is 2.30. The number of methoxy groups -OCH3 is 2. The molecule has 31 heavy (non-hydrogen) atoms. The number of nitrogens with zero attached hydrogens (tertiary/aromatic N) is 6. The topological polar surface area (TPSA) is 68.5 Å². The predicted molar refractivity (Wildman–Crippen MR) is 120 cm³/mol. The fourth-order valence-corrected chi connectivity index (χ4v) is 4.07. The van der Waals surface area contributed by atoms with E-state index in [1.807, 2.05) is 28.9 Å². The van der Waals surface area contributed by atoms with Crippen LogP contribution in [0.15, 0.2) is 48.5 Å². The second kappa shape index (κ2) is 10.1. The van der Waals surface area contributed by atoms with Crippen LogP contribution in [-0.2, 0) is 11.3 Å². The van der Waals surface area contributed by atoms with Crippen molar-refractivity contribution in [3.8, 4) is 5.75 Å². The van der Waals surface area contributed by atoms with Crippen LogP contribution in [0.5, 0.6) is 5.75 Å². The van der Waals surface area contributed by atoms with Crippen LogP contribution in [0.1, 0.15) is 17.4 Å². The molecular weight excluding hydrogens is 416 g/mol. The average Bonchev–Trinajstić information content (AvgIpc) is 3.27. The molecule has 1 aliphatic rings. The van der Waals surface area contributed by atoms with Gasteiger partial charge in [-0.25, -0.2) is 4.68 Å². The third kappa shape index (κ3) is 4.98. The van der Waals surface area contributed by atoms with E-state index in [4.69, 9.17) is 21.1 Å². The van der Waals surface area contributed by atoms with E-state index in [9.17, 15) is 0 Å². The SMILES string of the molecule is COCCn1nnnc1C(c1ccc(Cl)cc1)N1CCN(c2ccc(OC)cc2)CC1. The molecule has 9 heteroatoms. The summed E-state index contributed by atoms with van der Waals surface area (Å²) in [5.41, 5.74) is 2.32. The lowest BCUT2D eigenvalue weighted by atomic mass is 10.0. The van der Waals surface area contributed by atoms with E-state index in [1.54, 1.807) is 14.2 Å². The van der Waals surface area contributed by atoms with Gasteiger partial charge in [0.25, 0.3) is 0 Å². The third-order valence-corrected chi connectivity index (χ3v) is 5.87. The zero-order valence-corrected chi connectivity index (χ0v) is 18.6. The largest absolute Gasteiger partial charge is 0.497 e. The van der Waals surface area contributed by atoms with Crippen molar-refractivity contribution in [2.24, 2.45) is 0 Å². The predicted octanol–water partition coefficient (Wildman–Crippen LogP) is 2.89. The van der Waals surface area contributed by atoms with E-state index < -0.39 is 0 Å². The highest BCUT2D eigenvalue weighted by Crippen LogP contribution is 2.30. The second-order valence-electron chi connectivity index (χ2n) is 7.43. The lowest BCUT2D eigenvalue weighted by molar-refractivity contribution is 0.172. The van der Waals surface area contributed by atoms with Crippen molar-refractivity contribution in [1.82, 2.24) is 25.1 Å². The van der Waals surface area contributed by atoms with Crippen LogP contribution in [0.3, 0.4) is 0 Å². The Kier molecular flexibility index (Phi) is 7.01. The lowest BCUT2D eigenvalue weighted by Crippen LogP contribution is -2.48. The standard InChI is InChI=1S/C22H27ClN6O2/c1-30-16-15-29-22(24-25-26-29)21(17-3-5-18(23)6-4-17)28-13-11-27(12-14-28)19-7-9-20(31-2)10-8-19/h3-10,21H,11-16H2,1-2H3. The van der Waals surface area contributed by atoms with Gasteiger partial charge < -0.3 is 14.4 Å². The smallest absolute Gasteiger partial charge is 0.173 e. The zero-order chi connectivity index (χ0) is 21.6. The Morgan fingerprint density at radius 3 is 2.32 bits per heavy atom. The number of aromatic nitrogens is 4. The number of rotatable bonds is 8. The lowest BCUT2D eigenvalue weighted by Gasteiger charge is -2.40. The van der Waals surface area contributed by atoms with Gasteiger partial charge in [0.2, 0.25) is 0 Å². The molecule has 1 aromatic heterocycles. The molecule has 1 atom stereocenters.